The monoisotopic (exact) mass is 290 g/mol. The fraction of sp³-hybridized carbons (Fsp3) is 0.214. The number of nitrogens with one attached hydrogen (secondary N) is 1. The van der Waals surface area contributed by atoms with Crippen LogP contribution in [0.1, 0.15) is 0 Å². The maximum absolute atomic E-state index is 11.5. The molecule has 20 heavy (non-hydrogen) atoms. The molecule has 0 saturated carbocycles. The molecule has 1 aromatic heterocycles. The van der Waals surface area contributed by atoms with Gasteiger partial charge in [0.1, 0.15) is 6.54 Å². The number of pyridine rings is 1. The smallest absolute Gasteiger partial charge is 0.325 e. The number of methoxy groups -OCH3 is 1. The number of para-hydroxylation sites is 1. The molecule has 2 aromatic rings. The van der Waals surface area contributed by atoms with E-state index in [1.807, 2.05) is 36.4 Å². The lowest BCUT2D eigenvalue weighted by Crippen LogP contribution is -2.31. The van der Waals surface area contributed by atoms with Crippen LogP contribution >= 0.6 is 11.8 Å². The van der Waals surface area contributed by atoms with E-state index >= 15 is 0 Å². The average molecular weight is 290 g/mol. The minimum atomic E-state index is -0.466. The zero-order chi connectivity index (χ0) is 14.4. The topological polar surface area (TPSA) is 68.3 Å². The third-order valence-electron chi connectivity index (χ3n) is 2.58. The number of ether oxygens (including phenoxy) is 1. The number of amides is 1. The SMILES string of the molecule is COC(=O)CNC(=O)CSc1ccc2ccccc2n1. The lowest BCUT2D eigenvalue weighted by atomic mass is 10.2. The summed E-state index contributed by atoms with van der Waals surface area (Å²) in [5, 5.41) is 4.32. The van der Waals surface area contributed by atoms with E-state index in [2.05, 4.69) is 15.0 Å². The van der Waals surface area contributed by atoms with Crippen molar-refractivity contribution in [1.29, 1.82) is 0 Å². The Morgan fingerprint density at radius 3 is 2.85 bits per heavy atom. The normalized spacial score (nSPS) is 10.2. The number of aromatic nitrogens is 1. The van der Waals surface area contributed by atoms with E-state index in [0.717, 1.165) is 15.9 Å². The van der Waals surface area contributed by atoms with Crippen molar-refractivity contribution < 1.29 is 14.3 Å². The number of benzene rings is 1. The molecule has 0 spiro atoms. The molecular weight excluding hydrogens is 276 g/mol. The number of fused-ring (bicyclic) bond motifs is 1. The van der Waals surface area contributed by atoms with Crippen molar-refractivity contribution in [2.45, 2.75) is 5.03 Å². The van der Waals surface area contributed by atoms with Gasteiger partial charge in [-0.2, -0.15) is 0 Å². The van der Waals surface area contributed by atoms with Crippen LogP contribution in [0.2, 0.25) is 0 Å². The van der Waals surface area contributed by atoms with E-state index in [1.165, 1.54) is 18.9 Å². The van der Waals surface area contributed by atoms with E-state index in [4.69, 9.17) is 0 Å². The van der Waals surface area contributed by atoms with Gasteiger partial charge in [0.05, 0.1) is 23.4 Å². The van der Waals surface area contributed by atoms with E-state index < -0.39 is 5.97 Å². The summed E-state index contributed by atoms with van der Waals surface area (Å²) in [4.78, 5) is 26.9. The number of rotatable bonds is 5. The predicted octanol–water partition coefficient (Wildman–Crippen LogP) is 1.62. The molecule has 0 unspecified atom stereocenters. The highest BCUT2D eigenvalue weighted by molar-refractivity contribution is 7.99. The molecule has 0 atom stereocenters. The number of nitrogens with zero attached hydrogens (tertiary/aromatic N) is 1. The highest BCUT2D eigenvalue weighted by Crippen LogP contribution is 2.19. The van der Waals surface area contributed by atoms with Gasteiger partial charge in [-0.15, -0.1) is 0 Å². The van der Waals surface area contributed by atoms with Crippen molar-refractivity contribution in [3.05, 3.63) is 36.4 Å². The summed E-state index contributed by atoms with van der Waals surface area (Å²) in [6.07, 6.45) is 0. The first-order valence-electron chi connectivity index (χ1n) is 6.01. The van der Waals surface area contributed by atoms with Gasteiger partial charge in [0.15, 0.2) is 0 Å². The molecule has 1 amide bonds. The summed E-state index contributed by atoms with van der Waals surface area (Å²) in [6.45, 7) is -0.110. The minimum absolute atomic E-state index is 0.110. The zero-order valence-electron chi connectivity index (χ0n) is 11.0. The van der Waals surface area contributed by atoms with Crippen LogP contribution in [0.5, 0.6) is 0 Å². The Labute approximate surface area is 120 Å². The van der Waals surface area contributed by atoms with Crippen LogP contribution in [0, 0.1) is 0 Å². The van der Waals surface area contributed by atoms with Crippen LogP contribution in [0.25, 0.3) is 10.9 Å². The van der Waals surface area contributed by atoms with Gasteiger partial charge in [-0.1, -0.05) is 36.0 Å². The fourth-order valence-electron chi connectivity index (χ4n) is 1.56. The largest absolute Gasteiger partial charge is 0.468 e. The summed E-state index contributed by atoms with van der Waals surface area (Å²) >= 11 is 1.33. The lowest BCUT2D eigenvalue weighted by Gasteiger charge is -2.04. The van der Waals surface area contributed by atoms with E-state index in [1.54, 1.807) is 0 Å². The van der Waals surface area contributed by atoms with E-state index in [0.29, 0.717) is 0 Å². The lowest BCUT2D eigenvalue weighted by molar-refractivity contribution is -0.140. The van der Waals surface area contributed by atoms with E-state index in [-0.39, 0.29) is 18.2 Å². The second-order valence-corrected chi connectivity index (χ2v) is 4.98. The van der Waals surface area contributed by atoms with E-state index in [9.17, 15) is 9.59 Å². The van der Waals surface area contributed by atoms with Crippen LogP contribution in [0.15, 0.2) is 41.4 Å². The Hall–Kier alpha value is -2.08. The average Bonchev–Trinajstić information content (AvgIpc) is 2.50. The van der Waals surface area contributed by atoms with Crippen molar-refractivity contribution >= 4 is 34.5 Å². The molecule has 0 fully saturated rings. The van der Waals surface area contributed by atoms with Gasteiger partial charge in [0, 0.05) is 5.39 Å². The molecule has 0 radical (unpaired) electrons. The zero-order valence-corrected chi connectivity index (χ0v) is 11.8. The van der Waals surface area contributed by atoms with Crippen molar-refractivity contribution in [3.8, 4) is 0 Å². The summed E-state index contributed by atoms with van der Waals surface area (Å²) in [5.74, 6) is -0.481. The number of thioether (sulfide) groups is 1. The molecular formula is C14H14N2O3S. The van der Waals surface area contributed by atoms with Crippen LogP contribution in [-0.2, 0) is 14.3 Å². The highest BCUT2D eigenvalue weighted by atomic mass is 32.2. The third kappa shape index (κ3) is 3.96. The molecule has 1 N–H and O–H groups in total. The maximum atomic E-state index is 11.5. The van der Waals surface area contributed by atoms with Gasteiger partial charge in [0.25, 0.3) is 0 Å². The van der Waals surface area contributed by atoms with Crippen molar-refractivity contribution in [2.75, 3.05) is 19.4 Å². The van der Waals surface area contributed by atoms with Gasteiger partial charge in [-0.25, -0.2) is 4.98 Å². The summed E-state index contributed by atoms with van der Waals surface area (Å²) in [6, 6.07) is 11.6. The van der Waals surface area contributed by atoms with Gasteiger partial charge in [0.2, 0.25) is 5.91 Å². The highest BCUT2D eigenvalue weighted by Gasteiger charge is 2.07. The summed E-state index contributed by atoms with van der Waals surface area (Å²) in [5.41, 5.74) is 0.896. The maximum Gasteiger partial charge on any atom is 0.325 e. The molecule has 0 aliphatic rings. The number of carbonyl (C=O) groups excluding carboxylic acids is 2. The molecule has 1 heterocycles. The molecule has 1 aromatic carbocycles. The van der Waals surface area contributed by atoms with Crippen LogP contribution in [0.4, 0.5) is 0 Å². The first-order valence-corrected chi connectivity index (χ1v) is 6.99. The first-order chi connectivity index (χ1) is 9.69. The molecule has 0 aliphatic heterocycles. The van der Waals surface area contributed by atoms with Gasteiger partial charge < -0.3 is 10.1 Å². The Bertz CT molecular complexity index is 631. The summed E-state index contributed by atoms with van der Waals surface area (Å²) < 4.78 is 4.44. The standard InChI is InChI=1S/C14H14N2O3S/c1-19-14(18)8-15-12(17)9-20-13-7-6-10-4-2-3-5-11(10)16-13/h2-7H,8-9H2,1H3,(H,15,17). The molecule has 0 aliphatic carbocycles. The summed E-state index contributed by atoms with van der Waals surface area (Å²) in [7, 11) is 1.28. The van der Waals surface area contributed by atoms with Gasteiger partial charge in [-0.3, -0.25) is 9.59 Å². The predicted molar refractivity (Wildman–Crippen MR) is 77.5 cm³/mol. The number of hydrogen-bond acceptors (Lipinski definition) is 5. The fourth-order valence-corrected chi connectivity index (χ4v) is 2.27. The van der Waals surface area contributed by atoms with Crippen LogP contribution in [-0.4, -0.2) is 36.3 Å². The van der Waals surface area contributed by atoms with Crippen LogP contribution in [0.3, 0.4) is 0 Å². The minimum Gasteiger partial charge on any atom is -0.468 e. The van der Waals surface area contributed by atoms with Crippen LogP contribution < -0.4 is 5.32 Å². The Morgan fingerprint density at radius 1 is 1.25 bits per heavy atom. The first kappa shape index (κ1) is 14.3. The second kappa shape index (κ2) is 6.91. The molecule has 6 heteroatoms. The molecule has 104 valence electrons. The Morgan fingerprint density at radius 2 is 2.05 bits per heavy atom. The molecule has 0 bridgehead atoms. The molecule has 5 nitrogen and oxygen atoms in total. The quantitative estimate of drug-likeness (QED) is 0.669. The van der Waals surface area contributed by atoms with Crippen molar-refractivity contribution in [2.24, 2.45) is 0 Å². The molecule has 2 rings (SSSR count). The third-order valence-corrected chi connectivity index (χ3v) is 3.51. The Kier molecular flexibility index (Phi) is 4.95. The van der Waals surface area contributed by atoms with Crippen molar-refractivity contribution in [3.63, 3.8) is 0 Å². The number of hydrogen-bond donors (Lipinski definition) is 1. The second-order valence-electron chi connectivity index (χ2n) is 3.98. The number of esters is 1. The van der Waals surface area contributed by atoms with Crippen molar-refractivity contribution in [1.82, 2.24) is 10.3 Å². The van der Waals surface area contributed by atoms with Gasteiger partial charge in [-0.05, 0) is 12.1 Å². The molecule has 0 saturated heterocycles. The van der Waals surface area contributed by atoms with Gasteiger partial charge >= 0.3 is 5.97 Å². The Balaban J connectivity index is 1.89. The number of carbonyl (C=O) groups is 2.